The minimum atomic E-state index is -0.220. The van der Waals surface area contributed by atoms with Crippen LogP contribution < -0.4 is 14.8 Å². The van der Waals surface area contributed by atoms with Gasteiger partial charge in [0.15, 0.2) is 11.5 Å². The van der Waals surface area contributed by atoms with Gasteiger partial charge in [-0.1, -0.05) is 31.4 Å². The van der Waals surface area contributed by atoms with Crippen LogP contribution in [0.25, 0.3) is 0 Å². The third kappa shape index (κ3) is 5.89. The fourth-order valence-corrected chi connectivity index (χ4v) is 4.89. The van der Waals surface area contributed by atoms with E-state index in [-0.39, 0.29) is 5.91 Å². The molecule has 0 aromatic heterocycles. The van der Waals surface area contributed by atoms with Crippen LogP contribution in [0.4, 0.5) is 5.69 Å². The number of hydrogen-bond donors (Lipinski definition) is 1. The SMILES string of the molecule is COc1ccc(C(=O)NC(=Nc2cccc(C)c2)N2CCN(C3CCCCC3)CC2)cc1OC. The molecular formula is C27H36N4O3. The van der Waals surface area contributed by atoms with Crippen molar-refractivity contribution in [2.75, 3.05) is 40.4 Å². The summed E-state index contributed by atoms with van der Waals surface area (Å²) in [6, 6.07) is 13.9. The smallest absolute Gasteiger partial charge is 0.258 e. The summed E-state index contributed by atoms with van der Waals surface area (Å²) in [4.78, 5) is 22.9. The van der Waals surface area contributed by atoms with Crippen molar-refractivity contribution in [3.05, 3.63) is 53.6 Å². The third-order valence-corrected chi connectivity index (χ3v) is 6.81. The second kappa shape index (κ2) is 11.4. The Bertz CT molecular complexity index is 1010. The zero-order valence-corrected chi connectivity index (χ0v) is 20.5. The van der Waals surface area contributed by atoms with E-state index in [1.54, 1.807) is 32.4 Å². The summed E-state index contributed by atoms with van der Waals surface area (Å²) < 4.78 is 10.7. The fraction of sp³-hybridized carbons (Fsp3) is 0.481. The summed E-state index contributed by atoms with van der Waals surface area (Å²) in [6.45, 7) is 5.71. The van der Waals surface area contributed by atoms with Gasteiger partial charge in [-0.2, -0.15) is 0 Å². The molecule has 0 spiro atoms. The lowest BCUT2D eigenvalue weighted by Gasteiger charge is -2.41. The number of benzene rings is 2. The van der Waals surface area contributed by atoms with Crippen LogP contribution in [0.2, 0.25) is 0 Å². The molecule has 4 rings (SSSR count). The van der Waals surface area contributed by atoms with Gasteiger partial charge in [0.2, 0.25) is 5.96 Å². The minimum Gasteiger partial charge on any atom is -0.493 e. The highest BCUT2D eigenvalue weighted by molar-refractivity contribution is 6.06. The predicted octanol–water partition coefficient (Wildman–Crippen LogP) is 4.38. The van der Waals surface area contributed by atoms with Gasteiger partial charge in [-0.05, 0) is 55.7 Å². The van der Waals surface area contributed by atoms with Crippen molar-refractivity contribution in [3.63, 3.8) is 0 Å². The molecule has 1 aliphatic carbocycles. The molecule has 0 unspecified atom stereocenters. The van der Waals surface area contributed by atoms with Crippen LogP contribution in [0.1, 0.15) is 48.0 Å². The van der Waals surface area contributed by atoms with Gasteiger partial charge in [-0.25, -0.2) is 4.99 Å². The zero-order chi connectivity index (χ0) is 23.9. The van der Waals surface area contributed by atoms with Crippen molar-refractivity contribution >= 4 is 17.6 Å². The second-order valence-electron chi connectivity index (χ2n) is 9.11. The van der Waals surface area contributed by atoms with Gasteiger partial charge in [-0.15, -0.1) is 0 Å². The topological polar surface area (TPSA) is 66.4 Å². The first-order chi connectivity index (χ1) is 16.6. The summed E-state index contributed by atoms with van der Waals surface area (Å²) in [6.07, 6.45) is 6.66. The lowest BCUT2D eigenvalue weighted by molar-refractivity contribution is 0.0943. The maximum Gasteiger partial charge on any atom is 0.258 e. The van der Waals surface area contributed by atoms with Gasteiger partial charge < -0.3 is 14.4 Å². The molecule has 1 saturated carbocycles. The first-order valence-corrected chi connectivity index (χ1v) is 12.2. The summed E-state index contributed by atoms with van der Waals surface area (Å²) in [5.74, 6) is 1.48. The Morgan fingerprint density at radius 2 is 1.68 bits per heavy atom. The minimum absolute atomic E-state index is 0.220. The summed E-state index contributed by atoms with van der Waals surface area (Å²) in [7, 11) is 3.15. The molecule has 34 heavy (non-hydrogen) atoms. The molecule has 182 valence electrons. The van der Waals surface area contributed by atoms with Gasteiger partial charge in [0.25, 0.3) is 5.91 Å². The van der Waals surface area contributed by atoms with Crippen LogP contribution in [0.15, 0.2) is 47.5 Å². The molecule has 1 saturated heterocycles. The highest BCUT2D eigenvalue weighted by atomic mass is 16.5. The first-order valence-electron chi connectivity index (χ1n) is 12.2. The molecule has 1 heterocycles. The monoisotopic (exact) mass is 464 g/mol. The van der Waals surface area contributed by atoms with Gasteiger partial charge >= 0.3 is 0 Å². The van der Waals surface area contributed by atoms with Gasteiger partial charge in [0.05, 0.1) is 19.9 Å². The van der Waals surface area contributed by atoms with E-state index in [0.29, 0.717) is 29.1 Å². The van der Waals surface area contributed by atoms with Crippen molar-refractivity contribution in [3.8, 4) is 11.5 Å². The highest BCUT2D eigenvalue weighted by Gasteiger charge is 2.27. The Kier molecular flexibility index (Phi) is 8.06. The maximum atomic E-state index is 13.2. The molecule has 2 aliphatic rings. The molecule has 1 N–H and O–H groups in total. The Morgan fingerprint density at radius 1 is 0.941 bits per heavy atom. The maximum absolute atomic E-state index is 13.2. The predicted molar refractivity (Wildman–Crippen MR) is 135 cm³/mol. The number of piperazine rings is 1. The van der Waals surface area contributed by atoms with E-state index in [9.17, 15) is 4.79 Å². The number of rotatable bonds is 5. The average molecular weight is 465 g/mol. The number of carbonyl (C=O) groups excluding carboxylic acids is 1. The first kappa shape index (κ1) is 24.1. The normalized spacial score (nSPS) is 18.0. The quantitative estimate of drug-likeness (QED) is 0.525. The third-order valence-electron chi connectivity index (χ3n) is 6.81. The molecule has 1 amide bonds. The highest BCUT2D eigenvalue weighted by Crippen LogP contribution is 2.28. The van der Waals surface area contributed by atoms with Crippen molar-refractivity contribution in [1.82, 2.24) is 15.1 Å². The second-order valence-corrected chi connectivity index (χ2v) is 9.11. The number of carbonyl (C=O) groups is 1. The number of nitrogens with zero attached hydrogens (tertiary/aromatic N) is 3. The van der Waals surface area contributed by atoms with Crippen LogP contribution in [0.3, 0.4) is 0 Å². The number of amides is 1. The number of ether oxygens (including phenoxy) is 2. The number of aryl methyl sites for hydroxylation is 1. The Morgan fingerprint density at radius 3 is 2.35 bits per heavy atom. The molecule has 7 heteroatoms. The van der Waals surface area contributed by atoms with Gasteiger partial charge in [0.1, 0.15) is 0 Å². The molecule has 1 aliphatic heterocycles. The molecular weight excluding hydrogens is 428 g/mol. The van der Waals surface area contributed by atoms with Crippen LogP contribution >= 0.6 is 0 Å². The van der Waals surface area contributed by atoms with Crippen LogP contribution in [0.5, 0.6) is 11.5 Å². The lowest BCUT2D eigenvalue weighted by atomic mass is 9.94. The van der Waals surface area contributed by atoms with E-state index < -0.39 is 0 Å². The Balaban J connectivity index is 1.52. The van der Waals surface area contributed by atoms with Crippen molar-refractivity contribution in [2.24, 2.45) is 4.99 Å². The van der Waals surface area contributed by atoms with Gasteiger partial charge in [-0.3, -0.25) is 15.0 Å². The van der Waals surface area contributed by atoms with E-state index in [2.05, 4.69) is 15.1 Å². The van der Waals surface area contributed by atoms with Crippen LogP contribution in [-0.4, -0.2) is 68.1 Å². The molecule has 2 aromatic rings. The van der Waals surface area contributed by atoms with E-state index >= 15 is 0 Å². The zero-order valence-electron chi connectivity index (χ0n) is 20.5. The lowest BCUT2D eigenvalue weighted by Crippen LogP contribution is -2.55. The summed E-state index contributed by atoms with van der Waals surface area (Å²) >= 11 is 0. The number of methoxy groups -OCH3 is 2. The molecule has 0 atom stereocenters. The van der Waals surface area contributed by atoms with Crippen molar-refractivity contribution < 1.29 is 14.3 Å². The Labute approximate surface area is 202 Å². The number of guanidine groups is 1. The molecule has 2 aromatic carbocycles. The van der Waals surface area contributed by atoms with Crippen molar-refractivity contribution in [1.29, 1.82) is 0 Å². The largest absolute Gasteiger partial charge is 0.493 e. The van der Waals surface area contributed by atoms with Crippen LogP contribution in [-0.2, 0) is 0 Å². The van der Waals surface area contributed by atoms with E-state index in [4.69, 9.17) is 14.5 Å². The molecule has 0 radical (unpaired) electrons. The summed E-state index contributed by atoms with van der Waals surface area (Å²) in [5.41, 5.74) is 2.46. The average Bonchev–Trinajstić information content (AvgIpc) is 2.88. The van der Waals surface area contributed by atoms with Crippen LogP contribution in [0, 0.1) is 6.92 Å². The van der Waals surface area contributed by atoms with E-state index in [0.717, 1.165) is 37.4 Å². The number of nitrogens with one attached hydrogen (secondary N) is 1. The molecule has 2 fully saturated rings. The Hall–Kier alpha value is -3.06. The van der Waals surface area contributed by atoms with E-state index in [1.165, 1.54) is 32.1 Å². The number of hydrogen-bond acceptors (Lipinski definition) is 5. The summed E-state index contributed by atoms with van der Waals surface area (Å²) in [5, 5.41) is 3.08. The standard InChI is InChI=1S/C27H36N4O3/c1-20-8-7-9-22(18-20)28-27(29-26(32)21-12-13-24(33-2)25(19-21)34-3)31-16-14-30(15-17-31)23-10-5-4-6-11-23/h7-9,12-13,18-19,23H,4-6,10-11,14-17H2,1-3H3,(H,28,29,32). The van der Waals surface area contributed by atoms with Gasteiger partial charge in [0, 0.05) is 37.8 Å². The molecule has 7 nitrogen and oxygen atoms in total. The fourth-order valence-electron chi connectivity index (χ4n) is 4.89. The number of aliphatic imine (C=N–C) groups is 1. The van der Waals surface area contributed by atoms with E-state index in [1.807, 2.05) is 31.2 Å². The van der Waals surface area contributed by atoms with Crippen molar-refractivity contribution in [2.45, 2.75) is 45.1 Å². The molecule has 0 bridgehead atoms.